The molecule has 94 valence electrons. The zero-order valence-electron chi connectivity index (χ0n) is 10.4. The average Bonchev–Trinajstić information content (AvgIpc) is 2.27. The number of rotatable bonds is 5. The molecule has 1 aromatic rings. The van der Waals surface area contributed by atoms with Crippen molar-refractivity contribution in [2.75, 3.05) is 18.5 Å². The summed E-state index contributed by atoms with van der Waals surface area (Å²) in [6.45, 7) is 4.84. The highest BCUT2D eigenvalue weighted by Crippen LogP contribution is 2.25. The van der Waals surface area contributed by atoms with E-state index in [9.17, 15) is 15.2 Å². The standard InChI is InChI=1S/C12H18N2O3/c1-9(2)7-13(3)12-5-4-11(14(16)17)6-10(12)8-15/h4-6,9,15H,7-8H2,1-3H3. The molecule has 1 rings (SSSR count). The third-order valence-corrected chi connectivity index (χ3v) is 2.49. The Morgan fingerprint density at radius 3 is 2.59 bits per heavy atom. The first-order valence-electron chi connectivity index (χ1n) is 5.55. The van der Waals surface area contributed by atoms with E-state index in [1.807, 2.05) is 11.9 Å². The van der Waals surface area contributed by atoms with Gasteiger partial charge in [0.15, 0.2) is 0 Å². The second kappa shape index (κ2) is 5.63. The largest absolute Gasteiger partial charge is 0.392 e. The van der Waals surface area contributed by atoms with Gasteiger partial charge in [-0.2, -0.15) is 0 Å². The molecule has 0 saturated carbocycles. The SMILES string of the molecule is CC(C)CN(C)c1ccc([N+](=O)[O-])cc1CO. The number of aliphatic hydroxyl groups is 1. The Kier molecular flexibility index (Phi) is 4.45. The summed E-state index contributed by atoms with van der Waals surface area (Å²) in [7, 11) is 1.92. The molecule has 17 heavy (non-hydrogen) atoms. The maximum Gasteiger partial charge on any atom is 0.269 e. The van der Waals surface area contributed by atoms with E-state index in [1.165, 1.54) is 12.1 Å². The highest BCUT2D eigenvalue weighted by molar-refractivity contribution is 5.57. The number of non-ortho nitro benzene ring substituents is 1. The summed E-state index contributed by atoms with van der Waals surface area (Å²) in [6.07, 6.45) is 0. The fourth-order valence-corrected chi connectivity index (χ4v) is 1.83. The molecule has 0 radical (unpaired) electrons. The van der Waals surface area contributed by atoms with Gasteiger partial charge >= 0.3 is 0 Å². The molecule has 0 aliphatic rings. The highest BCUT2D eigenvalue weighted by atomic mass is 16.6. The summed E-state index contributed by atoms with van der Waals surface area (Å²) in [5.74, 6) is 0.488. The number of hydrogen-bond acceptors (Lipinski definition) is 4. The maximum atomic E-state index is 10.6. The summed E-state index contributed by atoms with van der Waals surface area (Å²) in [5.41, 5.74) is 1.44. The van der Waals surface area contributed by atoms with E-state index in [-0.39, 0.29) is 12.3 Å². The molecule has 0 spiro atoms. The first-order chi connectivity index (χ1) is 7.95. The minimum Gasteiger partial charge on any atom is -0.392 e. The van der Waals surface area contributed by atoms with E-state index in [2.05, 4.69) is 13.8 Å². The number of aliphatic hydroxyl groups excluding tert-OH is 1. The Morgan fingerprint density at radius 1 is 1.47 bits per heavy atom. The fourth-order valence-electron chi connectivity index (χ4n) is 1.83. The van der Waals surface area contributed by atoms with Crippen molar-refractivity contribution in [1.29, 1.82) is 0 Å². The van der Waals surface area contributed by atoms with Crippen molar-refractivity contribution in [1.82, 2.24) is 0 Å². The third kappa shape index (κ3) is 3.42. The van der Waals surface area contributed by atoms with E-state index < -0.39 is 4.92 Å². The van der Waals surface area contributed by atoms with Crippen LogP contribution in [0.1, 0.15) is 19.4 Å². The smallest absolute Gasteiger partial charge is 0.269 e. The van der Waals surface area contributed by atoms with Crippen LogP contribution in [0.3, 0.4) is 0 Å². The van der Waals surface area contributed by atoms with Gasteiger partial charge in [-0.25, -0.2) is 0 Å². The van der Waals surface area contributed by atoms with E-state index in [0.717, 1.165) is 12.2 Å². The highest BCUT2D eigenvalue weighted by Gasteiger charge is 2.13. The van der Waals surface area contributed by atoms with E-state index in [4.69, 9.17) is 0 Å². The Hall–Kier alpha value is -1.62. The predicted octanol–water partition coefficient (Wildman–Crippen LogP) is 2.18. The van der Waals surface area contributed by atoms with Crippen LogP contribution >= 0.6 is 0 Å². The molecular formula is C12H18N2O3. The first-order valence-corrected chi connectivity index (χ1v) is 5.55. The number of nitro benzene ring substituents is 1. The minimum atomic E-state index is -0.453. The second-order valence-electron chi connectivity index (χ2n) is 4.50. The summed E-state index contributed by atoms with van der Waals surface area (Å²) in [4.78, 5) is 12.2. The molecule has 0 bridgehead atoms. The van der Waals surface area contributed by atoms with Crippen LogP contribution in [-0.2, 0) is 6.61 Å². The van der Waals surface area contributed by atoms with Gasteiger partial charge in [0.25, 0.3) is 5.69 Å². The van der Waals surface area contributed by atoms with Gasteiger partial charge in [-0.05, 0) is 12.0 Å². The number of hydrogen-bond donors (Lipinski definition) is 1. The van der Waals surface area contributed by atoms with Gasteiger partial charge in [-0.3, -0.25) is 10.1 Å². The zero-order valence-corrected chi connectivity index (χ0v) is 10.4. The molecular weight excluding hydrogens is 220 g/mol. The van der Waals surface area contributed by atoms with Crippen molar-refractivity contribution in [3.63, 3.8) is 0 Å². The normalized spacial score (nSPS) is 10.6. The van der Waals surface area contributed by atoms with Crippen LogP contribution in [0.4, 0.5) is 11.4 Å². The van der Waals surface area contributed by atoms with Crippen molar-refractivity contribution in [2.45, 2.75) is 20.5 Å². The van der Waals surface area contributed by atoms with Crippen LogP contribution in [0.15, 0.2) is 18.2 Å². The molecule has 0 saturated heterocycles. The molecule has 1 N–H and O–H groups in total. The second-order valence-corrected chi connectivity index (χ2v) is 4.50. The predicted molar refractivity (Wildman–Crippen MR) is 67.1 cm³/mol. The van der Waals surface area contributed by atoms with Crippen LogP contribution in [0.5, 0.6) is 0 Å². The summed E-state index contributed by atoms with van der Waals surface area (Å²) in [5, 5.41) is 19.9. The van der Waals surface area contributed by atoms with Crippen LogP contribution in [0.25, 0.3) is 0 Å². The molecule has 0 aliphatic heterocycles. The van der Waals surface area contributed by atoms with Crippen LogP contribution < -0.4 is 4.90 Å². The summed E-state index contributed by atoms with van der Waals surface area (Å²) < 4.78 is 0. The summed E-state index contributed by atoms with van der Waals surface area (Å²) >= 11 is 0. The Labute approximate surface area is 101 Å². The number of nitro groups is 1. The van der Waals surface area contributed by atoms with Crippen LogP contribution in [-0.4, -0.2) is 23.6 Å². The van der Waals surface area contributed by atoms with Crippen LogP contribution in [0.2, 0.25) is 0 Å². The Balaban J connectivity index is 3.03. The molecule has 5 heteroatoms. The van der Waals surface area contributed by atoms with Crippen molar-refractivity contribution in [3.8, 4) is 0 Å². The van der Waals surface area contributed by atoms with Gasteiger partial charge in [0, 0.05) is 37.0 Å². The summed E-state index contributed by atoms with van der Waals surface area (Å²) in [6, 6.07) is 4.57. The number of anilines is 1. The monoisotopic (exact) mass is 238 g/mol. The topological polar surface area (TPSA) is 66.6 Å². The molecule has 0 heterocycles. The minimum absolute atomic E-state index is 0.00995. The third-order valence-electron chi connectivity index (χ3n) is 2.49. The Morgan fingerprint density at radius 2 is 2.12 bits per heavy atom. The van der Waals surface area contributed by atoms with Gasteiger partial charge in [-0.15, -0.1) is 0 Å². The molecule has 0 aliphatic carbocycles. The van der Waals surface area contributed by atoms with Crippen molar-refractivity contribution >= 4 is 11.4 Å². The first kappa shape index (κ1) is 13.4. The maximum absolute atomic E-state index is 10.6. The molecule has 1 aromatic carbocycles. The van der Waals surface area contributed by atoms with Gasteiger partial charge in [0.1, 0.15) is 0 Å². The quantitative estimate of drug-likeness (QED) is 0.630. The van der Waals surface area contributed by atoms with E-state index in [0.29, 0.717) is 11.5 Å². The lowest BCUT2D eigenvalue weighted by Gasteiger charge is -2.23. The molecule has 0 aromatic heterocycles. The van der Waals surface area contributed by atoms with Gasteiger partial charge in [-0.1, -0.05) is 13.8 Å². The molecule has 0 fully saturated rings. The number of benzene rings is 1. The van der Waals surface area contributed by atoms with Crippen molar-refractivity contribution < 1.29 is 10.0 Å². The molecule has 5 nitrogen and oxygen atoms in total. The van der Waals surface area contributed by atoms with Gasteiger partial charge in [0.05, 0.1) is 11.5 Å². The van der Waals surface area contributed by atoms with Gasteiger partial charge < -0.3 is 10.0 Å². The van der Waals surface area contributed by atoms with E-state index >= 15 is 0 Å². The fraction of sp³-hybridized carbons (Fsp3) is 0.500. The zero-order chi connectivity index (χ0) is 13.0. The molecule has 0 unspecified atom stereocenters. The van der Waals surface area contributed by atoms with Gasteiger partial charge in [0.2, 0.25) is 0 Å². The lowest BCUT2D eigenvalue weighted by molar-refractivity contribution is -0.384. The molecule has 0 amide bonds. The van der Waals surface area contributed by atoms with Crippen LogP contribution in [0, 0.1) is 16.0 Å². The number of nitrogens with zero attached hydrogens (tertiary/aromatic N) is 2. The Bertz CT molecular complexity index is 405. The lowest BCUT2D eigenvalue weighted by atomic mass is 10.1. The van der Waals surface area contributed by atoms with Crippen molar-refractivity contribution in [3.05, 3.63) is 33.9 Å². The van der Waals surface area contributed by atoms with Crippen molar-refractivity contribution in [2.24, 2.45) is 5.92 Å². The molecule has 0 atom stereocenters. The van der Waals surface area contributed by atoms with E-state index in [1.54, 1.807) is 6.07 Å². The average molecular weight is 238 g/mol. The lowest BCUT2D eigenvalue weighted by Crippen LogP contribution is -2.23.